The molecular formula is C21H17N3O4. The summed E-state index contributed by atoms with van der Waals surface area (Å²) in [5, 5.41) is 7.09. The smallest absolute Gasteiger partial charge is 0.340 e. The van der Waals surface area contributed by atoms with Crippen LogP contribution in [0.1, 0.15) is 22.0 Å². The molecule has 140 valence electrons. The highest BCUT2D eigenvalue weighted by atomic mass is 16.6. The molecule has 0 bridgehead atoms. The molecule has 0 saturated heterocycles. The van der Waals surface area contributed by atoms with Gasteiger partial charge in [0, 0.05) is 11.3 Å². The van der Waals surface area contributed by atoms with Gasteiger partial charge in [-0.05, 0) is 24.3 Å². The van der Waals surface area contributed by atoms with Crippen molar-refractivity contribution in [3.05, 3.63) is 90.2 Å². The Morgan fingerprint density at radius 1 is 1.00 bits per heavy atom. The summed E-state index contributed by atoms with van der Waals surface area (Å²) in [5.41, 5.74) is 1.90. The molecule has 0 atom stereocenters. The van der Waals surface area contributed by atoms with Crippen LogP contribution in [0.4, 0.5) is 5.69 Å². The highest BCUT2D eigenvalue weighted by Gasteiger charge is 2.15. The van der Waals surface area contributed by atoms with Crippen molar-refractivity contribution in [1.29, 1.82) is 0 Å². The van der Waals surface area contributed by atoms with Crippen LogP contribution in [0.2, 0.25) is 0 Å². The number of hydrogen-bond donors (Lipinski definition) is 1. The third-order valence-electron chi connectivity index (χ3n) is 4.01. The average molecular weight is 375 g/mol. The molecule has 0 fully saturated rings. The van der Waals surface area contributed by atoms with Gasteiger partial charge in [0.05, 0.1) is 18.4 Å². The Hall–Kier alpha value is -3.87. The van der Waals surface area contributed by atoms with Gasteiger partial charge in [-0.25, -0.2) is 4.79 Å². The van der Waals surface area contributed by atoms with E-state index in [0.29, 0.717) is 23.6 Å². The molecule has 7 nitrogen and oxygen atoms in total. The monoisotopic (exact) mass is 375 g/mol. The van der Waals surface area contributed by atoms with Crippen molar-refractivity contribution in [2.75, 3.05) is 5.32 Å². The van der Waals surface area contributed by atoms with E-state index in [1.165, 1.54) is 0 Å². The molecule has 2 heterocycles. The molecular weight excluding hydrogens is 358 g/mol. The van der Waals surface area contributed by atoms with Crippen LogP contribution >= 0.6 is 0 Å². The molecule has 28 heavy (non-hydrogen) atoms. The van der Waals surface area contributed by atoms with Crippen LogP contribution in [0, 0.1) is 0 Å². The number of esters is 1. The Morgan fingerprint density at radius 2 is 1.82 bits per heavy atom. The van der Waals surface area contributed by atoms with Gasteiger partial charge in [0.15, 0.2) is 6.61 Å². The molecule has 1 N–H and O–H groups in total. The van der Waals surface area contributed by atoms with Crippen LogP contribution in [-0.2, 0) is 17.9 Å². The van der Waals surface area contributed by atoms with E-state index >= 15 is 0 Å². The maximum atomic E-state index is 12.5. The third-order valence-corrected chi connectivity index (χ3v) is 4.01. The van der Waals surface area contributed by atoms with E-state index in [0.717, 1.165) is 11.3 Å². The Labute approximate surface area is 161 Å². The minimum atomic E-state index is -0.484. The van der Waals surface area contributed by atoms with Gasteiger partial charge in [0.2, 0.25) is 5.82 Å². The van der Waals surface area contributed by atoms with Gasteiger partial charge in [0.25, 0.3) is 5.89 Å². The molecule has 0 spiro atoms. The summed E-state index contributed by atoms with van der Waals surface area (Å²) in [4.78, 5) is 16.8. The molecule has 2 aromatic carbocycles. The normalized spacial score (nSPS) is 10.6. The van der Waals surface area contributed by atoms with Crippen LogP contribution < -0.4 is 5.32 Å². The summed E-state index contributed by atoms with van der Waals surface area (Å²) < 4.78 is 15.8. The Morgan fingerprint density at radius 3 is 2.64 bits per heavy atom. The molecule has 0 amide bonds. The molecule has 7 heteroatoms. The molecule has 0 aliphatic rings. The first-order valence-electron chi connectivity index (χ1n) is 8.70. The number of furan rings is 1. The molecule has 0 saturated carbocycles. The Kier molecular flexibility index (Phi) is 5.15. The van der Waals surface area contributed by atoms with Crippen molar-refractivity contribution in [1.82, 2.24) is 10.1 Å². The maximum absolute atomic E-state index is 12.5. The average Bonchev–Trinajstić information content (AvgIpc) is 3.43. The summed E-state index contributed by atoms with van der Waals surface area (Å²) in [5.74, 6) is 0.963. The lowest BCUT2D eigenvalue weighted by Crippen LogP contribution is -2.10. The summed E-state index contributed by atoms with van der Waals surface area (Å²) >= 11 is 0. The first-order chi connectivity index (χ1) is 13.8. The lowest BCUT2D eigenvalue weighted by molar-refractivity contribution is 0.0431. The Bertz CT molecular complexity index is 1040. The van der Waals surface area contributed by atoms with Crippen molar-refractivity contribution >= 4 is 11.7 Å². The standard InChI is InChI=1S/C21H17N3O4/c25-21(17-10-4-5-11-18(17)22-13-16-9-6-12-26-16)27-14-19-23-20(24-28-19)15-7-2-1-3-8-15/h1-12,22H,13-14H2. The number of nitrogens with zero attached hydrogens (tertiary/aromatic N) is 2. The summed E-state index contributed by atoms with van der Waals surface area (Å²) in [6, 6.07) is 20.2. The topological polar surface area (TPSA) is 90.4 Å². The molecule has 4 aromatic rings. The first kappa shape index (κ1) is 17.5. The van der Waals surface area contributed by atoms with Crippen molar-refractivity contribution in [2.45, 2.75) is 13.2 Å². The van der Waals surface area contributed by atoms with E-state index in [4.69, 9.17) is 13.7 Å². The van der Waals surface area contributed by atoms with Gasteiger partial charge in [-0.3, -0.25) is 0 Å². The minimum absolute atomic E-state index is 0.106. The van der Waals surface area contributed by atoms with Gasteiger partial charge < -0.3 is 19.0 Å². The van der Waals surface area contributed by atoms with E-state index in [1.54, 1.807) is 24.5 Å². The number of anilines is 1. The molecule has 0 aliphatic carbocycles. The maximum Gasteiger partial charge on any atom is 0.340 e. The second kappa shape index (κ2) is 8.22. The van der Waals surface area contributed by atoms with Gasteiger partial charge in [-0.2, -0.15) is 4.98 Å². The van der Waals surface area contributed by atoms with Crippen molar-refractivity contribution in [3.8, 4) is 11.4 Å². The predicted molar refractivity (Wildman–Crippen MR) is 101 cm³/mol. The first-order valence-corrected chi connectivity index (χ1v) is 8.70. The molecule has 0 unspecified atom stereocenters. The van der Waals surface area contributed by atoms with Gasteiger partial charge in [-0.15, -0.1) is 0 Å². The van der Waals surface area contributed by atoms with Crippen LogP contribution in [0.5, 0.6) is 0 Å². The fourth-order valence-corrected chi connectivity index (χ4v) is 2.63. The van der Waals surface area contributed by atoms with Gasteiger partial charge in [0.1, 0.15) is 5.76 Å². The largest absolute Gasteiger partial charge is 0.467 e. The second-order valence-corrected chi connectivity index (χ2v) is 5.93. The zero-order valence-electron chi connectivity index (χ0n) is 14.9. The number of rotatable bonds is 7. The van der Waals surface area contributed by atoms with E-state index in [1.807, 2.05) is 48.5 Å². The van der Waals surface area contributed by atoms with E-state index in [2.05, 4.69) is 15.5 Å². The number of benzene rings is 2. The van der Waals surface area contributed by atoms with E-state index in [-0.39, 0.29) is 12.5 Å². The zero-order valence-corrected chi connectivity index (χ0v) is 14.9. The number of ether oxygens (including phenoxy) is 1. The van der Waals surface area contributed by atoms with Crippen LogP contribution in [0.15, 0.2) is 81.9 Å². The Balaban J connectivity index is 1.40. The molecule has 0 radical (unpaired) electrons. The SMILES string of the molecule is O=C(OCc1nc(-c2ccccc2)no1)c1ccccc1NCc1ccco1. The van der Waals surface area contributed by atoms with Crippen LogP contribution in [0.3, 0.4) is 0 Å². The number of carbonyl (C=O) groups is 1. The van der Waals surface area contributed by atoms with Crippen LogP contribution in [-0.4, -0.2) is 16.1 Å². The fourth-order valence-electron chi connectivity index (χ4n) is 2.63. The van der Waals surface area contributed by atoms with Crippen LogP contribution in [0.25, 0.3) is 11.4 Å². The highest BCUT2D eigenvalue weighted by molar-refractivity contribution is 5.95. The van der Waals surface area contributed by atoms with E-state index < -0.39 is 5.97 Å². The van der Waals surface area contributed by atoms with Gasteiger partial charge in [-0.1, -0.05) is 47.6 Å². The lowest BCUT2D eigenvalue weighted by Gasteiger charge is -2.10. The lowest BCUT2D eigenvalue weighted by atomic mass is 10.2. The summed E-state index contributed by atoms with van der Waals surface area (Å²) in [7, 11) is 0. The second-order valence-electron chi connectivity index (χ2n) is 5.93. The van der Waals surface area contributed by atoms with Crippen molar-refractivity contribution in [2.24, 2.45) is 0 Å². The zero-order chi connectivity index (χ0) is 19.2. The highest BCUT2D eigenvalue weighted by Crippen LogP contribution is 2.19. The number of hydrogen-bond acceptors (Lipinski definition) is 7. The number of para-hydroxylation sites is 1. The number of nitrogens with one attached hydrogen (secondary N) is 1. The minimum Gasteiger partial charge on any atom is -0.467 e. The fraction of sp³-hybridized carbons (Fsp3) is 0.0952. The predicted octanol–water partition coefficient (Wildman–Crippen LogP) is 4.30. The summed E-state index contributed by atoms with van der Waals surface area (Å²) in [6.45, 7) is 0.354. The molecule has 4 rings (SSSR count). The third kappa shape index (κ3) is 4.09. The van der Waals surface area contributed by atoms with Crippen molar-refractivity contribution < 1.29 is 18.5 Å². The molecule has 0 aliphatic heterocycles. The quantitative estimate of drug-likeness (QED) is 0.482. The van der Waals surface area contributed by atoms with Gasteiger partial charge >= 0.3 is 5.97 Å². The van der Waals surface area contributed by atoms with Crippen molar-refractivity contribution in [3.63, 3.8) is 0 Å². The van der Waals surface area contributed by atoms with E-state index in [9.17, 15) is 4.79 Å². The number of carbonyl (C=O) groups excluding carboxylic acids is 1. The number of aromatic nitrogens is 2. The summed E-state index contributed by atoms with van der Waals surface area (Å²) in [6.07, 6.45) is 1.60. The molecule has 2 aromatic heterocycles.